The summed E-state index contributed by atoms with van der Waals surface area (Å²) in [6, 6.07) is 9.44. The van der Waals surface area contributed by atoms with Gasteiger partial charge < -0.3 is 15.5 Å². The molecule has 2 rings (SSSR count). The molecule has 2 N–H and O–H groups in total. The van der Waals surface area contributed by atoms with Gasteiger partial charge in [-0.05, 0) is 30.3 Å². The molecule has 1 aromatic heterocycles. The number of carbonyl (C=O) groups is 1. The Bertz CT molecular complexity index is 593. The minimum atomic E-state index is -0.181. The molecule has 20 heavy (non-hydrogen) atoms. The summed E-state index contributed by atoms with van der Waals surface area (Å²) in [6.45, 7) is 0. The van der Waals surface area contributed by atoms with Crippen molar-refractivity contribution in [1.82, 2.24) is 4.98 Å². The number of nitrogens with zero attached hydrogens (tertiary/aromatic N) is 2. The summed E-state index contributed by atoms with van der Waals surface area (Å²) in [5.74, 6) is -0.181. The largest absolute Gasteiger partial charge is 0.387 e. The summed E-state index contributed by atoms with van der Waals surface area (Å²) in [6.07, 6.45) is 3.20. The second-order valence-corrected chi connectivity index (χ2v) is 4.57. The van der Waals surface area contributed by atoms with Gasteiger partial charge in [-0.25, -0.2) is 0 Å². The fourth-order valence-corrected chi connectivity index (χ4v) is 1.83. The molecule has 0 saturated heterocycles. The molecule has 1 heterocycles. The van der Waals surface area contributed by atoms with E-state index in [4.69, 9.17) is 0 Å². The molecule has 0 saturated carbocycles. The van der Waals surface area contributed by atoms with E-state index in [1.54, 1.807) is 25.5 Å². The minimum absolute atomic E-state index is 0.181. The second-order valence-electron chi connectivity index (χ2n) is 4.57. The molecule has 104 valence electrons. The van der Waals surface area contributed by atoms with Crippen LogP contribution in [0.2, 0.25) is 0 Å². The molecule has 0 aliphatic heterocycles. The lowest BCUT2D eigenvalue weighted by Crippen LogP contribution is -2.14. The molecule has 1 aromatic carbocycles. The molecule has 5 heteroatoms. The molecule has 0 aliphatic rings. The van der Waals surface area contributed by atoms with Crippen molar-refractivity contribution in [2.45, 2.75) is 0 Å². The fourth-order valence-electron chi connectivity index (χ4n) is 1.83. The smallest absolute Gasteiger partial charge is 0.259 e. The number of hydrogen-bond acceptors (Lipinski definition) is 4. The zero-order valence-electron chi connectivity index (χ0n) is 11.8. The van der Waals surface area contributed by atoms with E-state index in [1.165, 1.54) is 0 Å². The van der Waals surface area contributed by atoms with E-state index in [2.05, 4.69) is 15.6 Å². The molecule has 0 fully saturated rings. The normalized spacial score (nSPS) is 9.95. The van der Waals surface area contributed by atoms with Gasteiger partial charge >= 0.3 is 0 Å². The number of pyridine rings is 1. The topological polar surface area (TPSA) is 57.3 Å². The van der Waals surface area contributed by atoms with Gasteiger partial charge in [-0.15, -0.1) is 0 Å². The van der Waals surface area contributed by atoms with Crippen LogP contribution in [0.25, 0.3) is 0 Å². The van der Waals surface area contributed by atoms with Crippen molar-refractivity contribution in [3.63, 3.8) is 0 Å². The van der Waals surface area contributed by atoms with Crippen LogP contribution >= 0.6 is 0 Å². The zero-order chi connectivity index (χ0) is 14.5. The van der Waals surface area contributed by atoms with E-state index in [-0.39, 0.29) is 5.91 Å². The van der Waals surface area contributed by atoms with Crippen molar-refractivity contribution < 1.29 is 4.79 Å². The van der Waals surface area contributed by atoms with E-state index in [0.717, 1.165) is 17.1 Å². The van der Waals surface area contributed by atoms with Gasteiger partial charge in [-0.2, -0.15) is 0 Å². The lowest BCUT2D eigenvalue weighted by Gasteiger charge is -2.13. The fraction of sp³-hybridized carbons (Fsp3) is 0.200. The Balaban J connectivity index is 2.15. The number of amides is 1. The van der Waals surface area contributed by atoms with Gasteiger partial charge in [0.25, 0.3) is 5.91 Å². The van der Waals surface area contributed by atoms with Crippen LogP contribution in [-0.4, -0.2) is 32.0 Å². The molecule has 0 aliphatic carbocycles. The summed E-state index contributed by atoms with van der Waals surface area (Å²) < 4.78 is 0. The summed E-state index contributed by atoms with van der Waals surface area (Å²) in [7, 11) is 5.73. The van der Waals surface area contributed by atoms with Crippen molar-refractivity contribution in [3.05, 3.63) is 48.3 Å². The predicted molar refractivity (Wildman–Crippen MR) is 82.5 cm³/mol. The third kappa shape index (κ3) is 3.06. The maximum absolute atomic E-state index is 12.2. The predicted octanol–water partition coefficient (Wildman–Crippen LogP) is 2.44. The summed E-state index contributed by atoms with van der Waals surface area (Å²) in [5, 5.41) is 5.84. The Morgan fingerprint density at radius 2 is 1.85 bits per heavy atom. The number of aromatic nitrogens is 1. The zero-order valence-corrected chi connectivity index (χ0v) is 11.8. The average molecular weight is 270 g/mol. The first-order chi connectivity index (χ1) is 9.61. The Kier molecular flexibility index (Phi) is 4.20. The van der Waals surface area contributed by atoms with Crippen molar-refractivity contribution in [2.75, 3.05) is 36.7 Å². The number of rotatable bonds is 4. The highest BCUT2D eigenvalue weighted by molar-refractivity contribution is 6.07. The molecule has 0 bridgehead atoms. The van der Waals surface area contributed by atoms with E-state index in [1.807, 2.05) is 43.3 Å². The molecule has 0 unspecified atom stereocenters. The monoisotopic (exact) mass is 270 g/mol. The lowest BCUT2D eigenvalue weighted by atomic mass is 10.2. The first-order valence-corrected chi connectivity index (χ1v) is 6.32. The van der Waals surface area contributed by atoms with E-state index < -0.39 is 0 Å². The number of hydrogen-bond donors (Lipinski definition) is 2. The van der Waals surface area contributed by atoms with Gasteiger partial charge in [0.15, 0.2) is 0 Å². The standard InChI is InChI=1S/C15H18N4O/c1-16-14-8-9-17-10-13(14)15(20)18-11-4-6-12(7-5-11)19(2)3/h4-10H,1-3H3,(H,16,17)(H,18,20). The van der Waals surface area contributed by atoms with E-state index in [0.29, 0.717) is 5.56 Å². The molecular weight excluding hydrogens is 252 g/mol. The van der Waals surface area contributed by atoms with Crippen molar-refractivity contribution in [1.29, 1.82) is 0 Å². The first kappa shape index (κ1) is 13.9. The van der Waals surface area contributed by atoms with E-state index in [9.17, 15) is 4.79 Å². The van der Waals surface area contributed by atoms with E-state index >= 15 is 0 Å². The SMILES string of the molecule is CNc1ccncc1C(=O)Nc1ccc(N(C)C)cc1. The number of carbonyl (C=O) groups excluding carboxylic acids is 1. The van der Waals surface area contributed by atoms with Gasteiger partial charge in [0.2, 0.25) is 0 Å². The van der Waals surface area contributed by atoms with Crippen LogP contribution in [0.1, 0.15) is 10.4 Å². The van der Waals surface area contributed by atoms with Crippen LogP contribution in [0.15, 0.2) is 42.7 Å². The van der Waals surface area contributed by atoms with Crippen LogP contribution in [0.4, 0.5) is 17.1 Å². The quantitative estimate of drug-likeness (QED) is 0.896. The van der Waals surface area contributed by atoms with Gasteiger partial charge in [-0.3, -0.25) is 9.78 Å². The molecule has 0 atom stereocenters. The Labute approximate surface area is 118 Å². The molecule has 0 radical (unpaired) electrons. The highest BCUT2D eigenvalue weighted by Crippen LogP contribution is 2.18. The average Bonchev–Trinajstić information content (AvgIpc) is 2.47. The second kappa shape index (κ2) is 6.06. The molecule has 1 amide bonds. The first-order valence-electron chi connectivity index (χ1n) is 6.32. The van der Waals surface area contributed by atoms with Gasteiger partial charge in [0.05, 0.1) is 5.56 Å². The van der Waals surface area contributed by atoms with Crippen LogP contribution in [0.3, 0.4) is 0 Å². The Hall–Kier alpha value is -2.56. The highest BCUT2D eigenvalue weighted by Gasteiger charge is 2.10. The Morgan fingerprint density at radius 3 is 2.45 bits per heavy atom. The number of anilines is 3. The van der Waals surface area contributed by atoms with Crippen LogP contribution in [0.5, 0.6) is 0 Å². The molecule has 5 nitrogen and oxygen atoms in total. The van der Waals surface area contributed by atoms with Crippen LogP contribution in [0, 0.1) is 0 Å². The highest BCUT2D eigenvalue weighted by atomic mass is 16.1. The Morgan fingerprint density at radius 1 is 1.15 bits per heavy atom. The summed E-state index contributed by atoms with van der Waals surface area (Å²) in [5.41, 5.74) is 3.11. The number of nitrogens with one attached hydrogen (secondary N) is 2. The maximum Gasteiger partial charge on any atom is 0.259 e. The van der Waals surface area contributed by atoms with Crippen LogP contribution < -0.4 is 15.5 Å². The number of benzene rings is 1. The maximum atomic E-state index is 12.2. The van der Waals surface area contributed by atoms with Crippen molar-refractivity contribution in [2.24, 2.45) is 0 Å². The van der Waals surface area contributed by atoms with Gasteiger partial charge in [0, 0.05) is 50.6 Å². The van der Waals surface area contributed by atoms with Crippen molar-refractivity contribution in [3.8, 4) is 0 Å². The third-order valence-electron chi connectivity index (χ3n) is 2.98. The third-order valence-corrected chi connectivity index (χ3v) is 2.98. The summed E-state index contributed by atoms with van der Waals surface area (Å²) >= 11 is 0. The van der Waals surface area contributed by atoms with Crippen molar-refractivity contribution >= 4 is 23.0 Å². The molecular formula is C15H18N4O. The lowest BCUT2D eigenvalue weighted by molar-refractivity contribution is 0.102. The minimum Gasteiger partial charge on any atom is -0.387 e. The summed E-state index contributed by atoms with van der Waals surface area (Å²) in [4.78, 5) is 18.2. The molecule has 0 spiro atoms. The van der Waals surface area contributed by atoms with Gasteiger partial charge in [0.1, 0.15) is 0 Å². The molecule has 2 aromatic rings. The van der Waals surface area contributed by atoms with Gasteiger partial charge in [-0.1, -0.05) is 0 Å². The van der Waals surface area contributed by atoms with Crippen LogP contribution in [-0.2, 0) is 0 Å².